The van der Waals surface area contributed by atoms with E-state index in [0.717, 1.165) is 12.0 Å². The Morgan fingerprint density at radius 3 is 2.79 bits per heavy atom. The lowest BCUT2D eigenvalue weighted by Gasteiger charge is -2.21. The van der Waals surface area contributed by atoms with Crippen LogP contribution in [-0.4, -0.2) is 17.8 Å². The summed E-state index contributed by atoms with van der Waals surface area (Å²) >= 11 is 5.78. The molecule has 2 rings (SSSR count). The molecule has 1 aliphatic heterocycles. The fourth-order valence-electron chi connectivity index (χ4n) is 2.25. The zero-order valence-electron chi connectivity index (χ0n) is 11.4. The van der Waals surface area contributed by atoms with Gasteiger partial charge in [0.1, 0.15) is 0 Å². The number of rotatable bonds is 5. The van der Waals surface area contributed by atoms with Crippen LogP contribution in [0.4, 0.5) is 0 Å². The maximum Gasteiger partial charge on any atom is 0.251 e. The van der Waals surface area contributed by atoms with Crippen LogP contribution in [0.5, 0.6) is 0 Å². The number of ether oxygens (including phenoxy) is 1. The summed E-state index contributed by atoms with van der Waals surface area (Å²) in [5.41, 5.74) is 2.99. The van der Waals surface area contributed by atoms with Gasteiger partial charge in [-0.05, 0) is 35.6 Å². The Balaban J connectivity index is 2.07. The number of carbonyl (C=O) groups is 1. The second kappa shape index (κ2) is 6.40. The van der Waals surface area contributed by atoms with Gasteiger partial charge in [0.2, 0.25) is 0 Å². The van der Waals surface area contributed by atoms with Crippen LogP contribution in [0.3, 0.4) is 0 Å². The molecule has 1 aromatic rings. The van der Waals surface area contributed by atoms with Gasteiger partial charge < -0.3 is 10.1 Å². The van der Waals surface area contributed by atoms with Crippen molar-refractivity contribution in [2.75, 3.05) is 5.88 Å². The molecule has 1 aromatic carbocycles. The van der Waals surface area contributed by atoms with Crippen LogP contribution >= 0.6 is 11.6 Å². The van der Waals surface area contributed by atoms with Gasteiger partial charge in [0, 0.05) is 17.5 Å². The second-order valence-electron chi connectivity index (χ2n) is 5.28. The van der Waals surface area contributed by atoms with Crippen LogP contribution in [0.1, 0.15) is 41.8 Å². The van der Waals surface area contributed by atoms with Gasteiger partial charge in [0.15, 0.2) is 0 Å². The van der Waals surface area contributed by atoms with E-state index < -0.39 is 0 Å². The highest BCUT2D eigenvalue weighted by Gasteiger charge is 2.18. The van der Waals surface area contributed by atoms with Gasteiger partial charge in [-0.3, -0.25) is 4.79 Å². The van der Waals surface area contributed by atoms with Gasteiger partial charge in [-0.1, -0.05) is 19.9 Å². The lowest BCUT2D eigenvalue weighted by Crippen LogP contribution is -2.38. The molecule has 0 aliphatic carbocycles. The van der Waals surface area contributed by atoms with E-state index in [2.05, 4.69) is 19.2 Å². The molecule has 1 N–H and O–H groups in total. The van der Waals surface area contributed by atoms with E-state index in [0.29, 0.717) is 30.6 Å². The highest BCUT2D eigenvalue weighted by Crippen LogP contribution is 2.21. The molecular weight excluding hydrogens is 262 g/mol. The highest BCUT2D eigenvalue weighted by molar-refractivity contribution is 6.17. The Morgan fingerprint density at radius 1 is 1.37 bits per heavy atom. The van der Waals surface area contributed by atoms with Gasteiger partial charge in [-0.25, -0.2) is 0 Å². The number of benzene rings is 1. The largest absolute Gasteiger partial charge is 0.372 e. The summed E-state index contributed by atoms with van der Waals surface area (Å²) < 4.78 is 5.36. The summed E-state index contributed by atoms with van der Waals surface area (Å²) in [5.74, 6) is 0.903. The molecule has 0 radical (unpaired) electrons. The number of hydrogen-bond acceptors (Lipinski definition) is 2. The minimum Gasteiger partial charge on any atom is -0.372 e. The van der Waals surface area contributed by atoms with Crippen molar-refractivity contribution in [1.29, 1.82) is 0 Å². The van der Waals surface area contributed by atoms with E-state index in [1.54, 1.807) is 0 Å². The number of carbonyl (C=O) groups excluding carboxylic acids is 1. The number of alkyl halides is 1. The smallest absolute Gasteiger partial charge is 0.251 e. The lowest BCUT2D eigenvalue weighted by molar-refractivity contribution is 0.0924. The third-order valence-corrected chi connectivity index (χ3v) is 3.74. The molecule has 0 bridgehead atoms. The van der Waals surface area contributed by atoms with Crippen LogP contribution in [0.2, 0.25) is 0 Å². The van der Waals surface area contributed by atoms with Gasteiger partial charge in [0.25, 0.3) is 5.91 Å². The molecule has 3 nitrogen and oxygen atoms in total. The van der Waals surface area contributed by atoms with Crippen LogP contribution in [-0.2, 0) is 18.0 Å². The van der Waals surface area contributed by atoms with E-state index in [4.69, 9.17) is 16.3 Å². The molecule has 0 saturated carbocycles. The summed E-state index contributed by atoms with van der Waals surface area (Å²) in [7, 11) is 0. The topological polar surface area (TPSA) is 38.3 Å². The molecule has 1 heterocycles. The highest BCUT2D eigenvalue weighted by atomic mass is 35.5. The maximum absolute atomic E-state index is 12.2. The second-order valence-corrected chi connectivity index (χ2v) is 5.66. The molecule has 1 atom stereocenters. The Morgan fingerprint density at radius 2 is 2.11 bits per heavy atom. The monoisotopic (exact) mass is 281 g/mol. The van der Waals surface area contributed by atoms with Crippen LogP contribution < -0.4 is 5.32 Å². The first-order valence-electron chi connectivity index (χ1n) is 6.68. The van der Waals surface area contributed by atoms with Gasteiger partial charge in [0.05, 0.1) is 13.2 Å². The first-order valence-corrected chi connectivity index (χ1v) is 7.21. The zero-order chi connectivity index (χ0) is 13.8. The summed E-state index contributed by atoms with van der Waals surface area (Å²) in [6.45, 7) is 5.44. The Hall–Kier alpha value is -1.06. The van der Waals surface area contributed by atoms with Crippen molar-refractivity contribution in [2.24, 2.45) is 5.92 Å². The van der Waals surface area contributed by atoms with Crippen molar-refractivity contribution in [2.45, 2.75) is 39.5 Å². The average Bonchev–Trinajstić information content (AvgIpc) is 2.85. The van der Waals surface area contributed by atoms with Crippen molar-refractivity contribution < 1.29 is 9.53 Å². The molecule has 0 fully saturated rings. The van der Waals surface area contributed by atoms with E-state index in [1.165, 1.54) is 5.56 Å². The van der Waals surface area contributed by atoms with Crippen molar-refractivity contribution in [3.05, 3.63) is 34.9 Å². The molecule has 1 aliphatic rings. The van der Waals surface area contributed by atoms with Crippen molar-refractivity contribution in [3.8, 4) is 0 Å². The third kappa shape index (κ3) is 3.48. The van der Waals surface area contributed by atoms with E-state index >= 15 is 0 Å². The van der Waals surface area contributed by atoms with Crippen LogP contribution in [0, 0.1) is 5.92 Å². The van der Waals surface area contributed by atoms with Crippen LogP contribution in [0.15, 0.2) is 18.2 Å². The predicted octanol–water partition coefficient (Wildman–Crippen LogP) is 3.10. The summed E-state index contributed by atoms with van der Waals surface area (Å²) in [5, 5.41) is 3.06. The molecule has 1 unspecified atom stereocenters. The summed E-state index contributed by atoms with van der Waals surface area (Å²) in [6, 6.07) is 5.88. The zero-order valence-corrected chi connectivity index (χ0v) is 12.2. The quantitative estimate of drug-likeness (QED) is 0.842. The molecular formula is C15H20ClNO2. The number of amides is 1. The minimum absolute atomic E-state index is 0.0292. The predicted molar refractivity (Wildman–Crippen MR) is 76.4 cm³/mol. The Labute approximate surface area is 119 Å². The number of halogens is 1. The fraction of sp³-hybridized carbons (Fsp3) is 0.533. The number of hydrogen-bond donors (Lipinski definition) is 1. The van der Waals surface area contributed by atoms with Crippen LogP contribution in [0.25, 0.3) is 0 Å². The summed E-state index contributed by atoms with van der Waals surface area (Å²) in [4.78, 5) is 12.2. The molecule has 19 heavy (non-hydrogen) atoms. The van der Waals surface area contributed by atoms with Crippen molar-refractivity contribution in [1.82, 2.24) is 5.32 Å². The van der Waals surface area contributed by atoms with Crippen molar-refractivity contribution in [3.63, 3.8) is 0 Å². The maximum atomic E-state index is 12.2. The molecule has 4 heteroatoms. The Kier molecular flexibility index (Phi) is 4.83. The van der Waals surface area contributed by atoms with Gasteiger partial charge >= 0.3 is 0 Å². The van der Waals surface area contributed by atoms with E-state index in [1.807, 2.05) is 18.2 Å². The average molecular weight is 282 g/mol. The lowest BCUT2D eigenvalue weighted by atomic mass is 10.0. The third-order valence-electron chi connectivity index (χ3n) is 3.52. The van der Waals surface area contributed by atoms with Gasteiger partial charge in [-0.15, -0.1) is 11.6 Å². The molecule has 1 amide bonds. The van der Waals surface area contributed by atoms with E-state index in [9.17, 15) is 4.79 Å². The molecule has 0 aromatic heterocycles. The summed E-state index contributed by atoms with van der Waals surface area (Å²) in [6.07, 6.45) is 0.791. The van der Waals surface area contributed by atoms with Crippen molar-refractivity contribution >= 4 is 17.5 Å². The molecule has 104 valence electrons. The first kappa shape index (κ1) is 14.4. The molecule has 0 spiro atoms. The van der Waals surface area contributed by atoms with Gasteiger partial charge in [-0.2, -0.15) is 0 Å². The Bertz CT molecular complexity index is 459. The number of fused-ring (bicyclic) bond motifs is 1. The first-order chi connectivity index (χ1) is 9.11. The van der Waals surface area contributed by atoms with E-state index in [-0.39, 0.29) is 11.9 Å². The SMILES string of the molecule is CC(C)C(CCCl)NC(=O)c1ccc2c(c1)COC2. The fourth-order valence-corrected chi connectivity index (χ4v) is 2.49. The standard InChI is InChI=1S/C15H20ClNO2/c1-10(2)14(5-6-16)17-15(18)11-3-4-12-8-19-9-13(12)7-11/h3-4,7,10,14H,5-6,8-9H2,1-2H3,(H,17,18). The number of nitrogens with one attached hydrogen (secondary N) is 1. The minimum atomic E-state index is -0.0292. The molecule has 0 saturated heterocycles. The normalized spacial score (nSPS) is 15.4.